The van der Waals surface area contributed by atoms with Gasteiger partial charge in [0.2, 0.25) is 0 Å². The van der Waals surface area contributed by atoms with Crippen LogP contribution in [0.5, 0.6) is 0 Å². The third kappa shape index (κ3) is 5.33. The van der Waals surface area contributed by atoms with E-state index in [1.54, 1.807) is 0 Å². The maximum atomic E-state index is 6.82. The lowest BCUT2D eigenvalue weighted by atomic mass is 10.0. The number of benzene rings is 10. The van der Waals surface area contributed by atoms with Crippen LogP contribution in [0.1, 0.15) is 0 Å². The van der Waals surface area contributed by atoms with Crippen molar-refractivity contribution in [1.82, 2.24) is 9.13 Å². The molecule has 10 aromatic carbocycles. The molecule has 0 aliphatic carbocycles. The van der Waals surface area contributed by atoms with Gasteiger partial charge in [0, 0.05) is 60.8 Å². The normalized spacial score (nSPS) is 12.0. The van der Waals surface area contributed by atoms with Gasteiger partial charge in [-0.25, -0.2) is 0 Å². The third-order valence-electron chi connectivity index (χ3n) is 13.3. The summed E-state index contributed by atoms with van der Waals surface area (Å²) in [5.41, 5.74) is 15.7. The topological polar surface area (TPSA) is 39.4 Å². The quantitative estimate of drug-likeness (QED) is 0.168. The van der Waals surface area contributed by atoms with Gasteiger partial charge >= 0.3 is 0 Å². The minimum Gasteiger partial charge on any atom is -0.455 e. The van der Waals surface area contributed by atoms with E-state index >= 15 is 0 Å². The molecule has 0 atom stereocenters. The molecule has 0 bridgehead atoms. The predicted molar refractivity (Wildman–Crippen MR) is 270 cm³/mol. The van der Waals surface area contributed by atoms with Crippen LogP contribution in [0.15, 0.2) is 233 Å². The van der Waals surface area contributed by atoms with E-state index in [2.05, 4.69) is 226 Å². The number of nitrogens with zero attached hydrogens (tertiary/aromatic N) is 3. The van der Waals surface area contributed by atoms with E-state index < -0.39 is 0 Å². The first-order chi connectivity index (χ1) is 32.2. The summed E-state index contributed by atoms with van der Waals surface area (Å²) in [6, 6.07) is 80.0. The summed E-state index contributed by atoms with van der Waals surface area (Å²) in [7, 11) is 0. The summed E-state index contributed by atoms with van der Waals surface area (Å²) in [5, 5.41) is 8.90. The average molecular weight is 832 g/mol. The number of fused-ring (bicyclic) bond motifs is 14. The molecule has 0 saturated heterocycles. The standard InChI is InChI=1S/C60H37N3O2/c1-4-14-40(15-5-1)61(41-16-6-2-7-17-41)43-28-24-38(25-29-43)39-26-30-44(31-27-39)63-52-35-33-48-46-21-11-13-23-56(46)65-60(48)58(52)50-36-53-49(37-54(50)63)57-51(62(53)42-18-8-3-9-19-42)34-32-47-45-20-10-12-22-55(45)64-59(47)57/h1-37H. The maximum absolute atomic E-state index is 6.82. The molecule has 65 heavy (non-hydrogen) atoms. The maximum Gasteiger partial charge on any atom is 0.145 e. The van der Waals surface area contributed by atoms with E-state index in [0.717, 1.165) is 127 Å². The zero-order valence-electron chi connectivity index (χ0n) is 35.0. The largest absolute Gasteiger partial charge is 0.455 e. The van der Waals surface area contributed by atoms with E-state index in [1.807, 2.05) is 12.1 Å². The molecule has 4 heterocycles. The molecule has 14 aromatic rings. The average Bonchev–Trinajstić information content (AvgIpc) is 4.12. The zero-order valence-corrected chi connectivity index (χ0v) is 35.0. The van der Waals surface area contributed by atoms with Crippen LogP contribution >= 0.6 is 0 Å². The molecule has 0 aliphatic heterocycles. The molecule has 0 N–H and O–H groups in total. The first-order valence-corrected chi connectivity index (χ1v) is 22.1. The lowest BCUT2D eigenvalue weighted by molar-refractivity contribution is 0.672. The Labute approximate surface area is 372 Å². The number of aromatic nitrogens is 2. The van der Waals surface area contributed by atoms with Gasteiger partial charge in [0.25, 0.3) is 0 Å². The van der Waals surface area contributed by atoms with Crippen molar-refractivity contribution in [3.8, 4) is 22.5 Å². The molecule has 5 nitrogen and oxygen atoms in total. The summed E-state index contributed by atoms with van der Waals surface area (Å²) >= 11 is 0. The fraction of sp³-hybridized carbons (Fsp3) is 0. The van der Waals surface area contributed by atoms with Crippen molar-refractivity contribution >= 4 is 105 Å². The highest BCUT2D eigenvalue weighted by Gasteiger charge is 2.24. The molecule has 14 rings (SSSR count). The SMILES string of the molecule is c1ccc(N(c2ccccc2)c2ccc(-c3ccc(-n4c5cc6c7c8oc9ccccc9c8ccc7n(-c7ccccc7)c6cc5c5c6oc7ccccc7c6ccc54)cc3)cc2)cc1. The Morgan fingerprint density at radius 2 is 0.692 bits per heavy atom. The summed E-state index contributed by atoms with van der Waals surface area (Å²) < 4.78 is 18.4. The summed E-state index contributed by atoms with van der Waals surface area (Å²) in [6.45, 7) is 0. The Bertz CT molecular complexity index is 4100. The second-order valence-corrected chi connectivity index (χ2v) is 16.9. The van der Waals surface area contributed by atoms with Crippen LogP contribution in [-0.4, -0.2) is 9.13 Å². The summed E-state index contributed by atoms with van der Waals surface area (Å²) in [4.78, 5) is 2.29. The fourth-order valence-corrected chi connectivity index (χ4v) is 10.4. The van der Waals surface area contributed by atoms with Gasteiger partial charge in [-0.1, -0.05) is 115 Å². The molecule has 0 saturated carbocycles. The predicted octanol–water partition coefficient (Wildman–Crippen LogP) is 16.8. The van der Waals surface area contributed by atoms with Crippen molar-refractivity contribution in [3.05, 3.63) is 224 Å². The van der Waals surface area contributed by atoms with Crippen LogP contribution in [-0.2, 0) is 0 Å². The number of hydrogen-bond acceptors (Lipinski definition) is 3. The highest BCUT2D eigenvalue weighted by atomic mass is 16.3. The number of para-hydroxylation sites is 5. The number of furan rings is 2. The molecular weight excluding hydrogens is 795 g/mol. The molecular formula is C60H37N3O2. The minimum atomic E-state index is 0.883. The van der Waals surface area contributed by atoms with Crippen molar-refractivity contribution in [2.45, 2.75) is 0 Å². The van der Waals surface area contributed by atoms with Crippen molar-refractivity contribution in [2.75, 3.05) is 4.90 Å². The smallest absolute Gasteiger partial charge is 0.145 e. The second kappa shape index (κ2) is 13.9. The van der Waals surface area contributed by atoms with Crippen LogP contribution in [0.25, 0.3) is 110 Å². The molecule has 304 valence electrons. The van der Waals surface area contributed by atoms with E-state index in [0.29, 0.717) is 0 Å². The van der Waals surface area contributed by atoms with E-state index in [9.17, 15) is 0 Å². The van der Waals surface area contributed by atoms with Crippen LogP contribution in [0.2, 0.25) is 0 Å². The molecule has 0 aliphatic rings. The van der Waals surface area contributed by atoms with Crippen LogP contribution in [0.4, 0.5) is 17.1 Å². The Morgan fingerprint density at radius 1 is 0.292 bits per heavy atom. The zero-order chi connectivity index (χ0) is 42.6. The van der Waals surface area contributed by atoms with Crippen LogP contribution in [0, 0.1) is 0 Å². The molecule has 0 fully saturated rings. The Morgan fingerprint density at radius 3 is 1.18 bits per heavy atom. The van der Waals surface area contributed by atoms with Crippen LogP contribution in [0.3, 0.4) is 0 Å². The van der Waals surface area contributed by atoms with Gasteiger partial charge in [-0.3, -0.25) is 0 Å². The lowest BCUT2D eigenvalue weighted by Crippen LogP contribution is -2.09. The van der Waals surface area contributed by atoms with Gasteiger partial charge in [0.05, 0.1) is 32.8 Å². The molecule has 4 aromatic heterocycles. The Balaban J connectivity index is 0.992. The number of anilines is 3. The molecule has 5 heteroatoms. The van der Waals surface area contributed by atoms with Crippen molar-refractivity contribution in [1.29, 1.82) is 0 Å². The number of rotatable bonds is 6. The fourth-order valence-electron chi connectivity index (χ4n) is 10.4. The lowest BCUT2D eigenvalue weighted by Gasteiger charge is -2.25. The second-order valence-electron chi connectivity index (χ2n) is 16.9. The van der Waals surface area contributed by atoms with Crippen molar-refractivity contribution in [2.24, 2.45) is 0 Å². The van der Waals surface area contributed by atoms with E-state index in [-0.39, 0.29) is 0 Å². The Hall–Kier alpha value is -8.80. The minimum absolute atomic E-state index is 0.883. The van der Waals surface area contributed by atoms with Crippen molar-refractivity contribution in [3.63, 3.8) is 0 Å². The first kappa shape index (κ1) is 35.8. The molecule has 0 unspecified atom stereocenters. The molecule has 0 radical (unpaired) electrons. The van der Waals surface area contributed by atoms with Gasteiger partial charge in [0.1, 0.15) is 22.3 Å². The van der Waals surface area contributed by atoms with Crippen molar-refractivity contribution < 1.29 is 8.83 Å². The van der Waals surface area contributed by atoms with Gasteiger partial charge < -0.3 is 22.9 Å². The van der Waals surface area contributed by atoms with Crippen LogP contribution < -0.4 is 4.90 Å². The highest BCUT2D eigenvalue weighted by molar-refractivity contribution is 6.29. The Kier molecular flexibility index (Phi) is 7.62. The highest BCUT2D eigenvalue weighted by Crippen LogP contribution is 2.46. The monoisotopic (exact) mass is 831 g/mol. The third-order valence-corrected chi connectivity index (χ3v) is 13.3. The van der Waals surface area contributed by atoms with E-state index in [1.165, 1.54) is 0 Å². The van der Waals surface area contributed by atoms with Gasteiger partial charge in [0.15, 0.2) is 0 Å². The number of hydrogen-bond donors (Lipinski definition) is 0. The van der Waals surface area contributed by atoms with Gasteiger partial charge in [-0.05, 0) is 120 Å². The van der Waals surface area contributed by atoms with Gasteiger partial charge in [-0.2, -0.15) is 0 Å². The van der Waals surface area contributed by atoms with Gasteiger partial charge in [-0.15, -0.1) is 0 Å². The first-order valence-electron chi connectivity index (χ1n) is 22.1. The molecule has 0 spiro atoms. The molecule has 0 amide bonds. The summed E-state index contributed by atoms with van der Waals surface area (Å²) in [6.07, 6.45) is 0. The van der Waals surface area contributed by atoms with E-state index in [4.69, 9.17) is 8.83 Å². The summed E-state index contributed by atoms with van der Waals surface area (Å²) in [5.74, 6) is 0.